The van der Waals surface area contributed by atoms with E-state index in [2.05, 4.69) is 28.0 Å². The number of benzene rings is 1. The van der Waals surface area contributed by atoms with E-state index in [1.165, 1.54) is 70.1 Å². The first-order valence-electron chi connectivity index (χ1n) is 10.2. The van der Waals surface area contributed by atoms with E-state index in [9.17, 15) is 0 Å². The number of rotatable bonds is 3. The van der Waals surface area contributed by atoms with Gasteiger partial charge in [-0.25, -0.2) is 0 Å². The second-order valence-electron chi connectivity index (χ2n) is 8.29. The first-order chi connectivity index (χ1) is 12.4. The SMILES string of the molecule is c1cc2c(cc1CN1CCN3CCC[C@@H]3[C@@H]1C1CCCCC1)OCO2. The fourth-order valence-corrected chi connectivity index (χ4v) is 5.71. The normalized spacial score (nSPS) is 30.6. The van der Waals surface area contributed by atoms with Crippen LogP contribution in [0.4, 0.5) is 0 Å². The van der Waals surface area contributed by atoms with E-state index in [0.29, 0.717) is 6.79 Å². The second kappa shape index (κ2) is 6.81. The average Bonchev–Trinajstić information content (AvgIpc) is 3.30. The van der Waals surface area contributed by atoms with Gasteiger partial charge in [-0.3, -0.25) is 9.80 Å². The first kappa shape index (κ1) is 16.0. The van der Waals surface area contributed by atoms with Crippen LogP contribution in [0.25, 0.3) is 0 Å². The highest BCUT2D eigenvalue weighted by Gasteiger charge is 2.42. The molecule has 0 aromatic heterocycles. The zero-order valence-corrected chi connectivity index (χ0v) is 15.2. The molecule has 1 aromatic carbocycles. The number of hydrogen-bond donors (Lipinski definition) is 0. The molecular formula is C21H30N2O2. The topological polar surface area (TPSA) is 24.9 Å². The van der Waals surface area contributed by atoms with Crippen molar-refractivity contribution in [3.63, 3.8) is 0 Å². The zero-order valence-electron chi connectivity index (χ0n) is 15.2. The lowest BCUT2D eigenvalue weighted by Gasteiger charge is -2.49. The van der Waals surface area contributed by atoms with Crippen molar-refractivity contribution in [1.29, 1.82) is 0 Å². The van der Waals surface area contributed by atoms with Crippen molar-refractivity contribution in [2.24, 2.45) is 5.92 Å². The minimum atomic E-state index is 0.365. The Hall–Kier alpha value is -1.26. The molecular weight excluding hydrogens is 312 g/mol. The summed E-state index contributed by atoms with van der Waals surface area (Å²) < 4.78 is 11.1. The Morgan fingerprint density at radius 2 is 1.76 bits per heavy atom. The molecule has 1 aliphatic carbocycles. The maximum atomic E-state index is 5.59. The van der Waals surface area contributed by atoms with Crippen LogP contribution < -0.4 is 9.47 Å². The van der Waals surface area contributed by atoms with E-state index in [-0.39, 0.29) is 0 Å². The van der Waals surface area contributed by atoms with E-state index in [0.717, 1.165) is 36.0 Å². The predicted molar refractivity (Wildman–Crippen MR) is 97.9 cm³/mol. The van der Waals surface area contributed by atoms with E-state index in [1.807, 2.05) is 0 Å². The largest absolute Gasteiger partial charge is 0.454 e. The van der Waals surface area contributed by atoms with Crippen molar-refractivity contribution in [1.82, 2.24) is 9.80 Å². The van der Waals surface area contributed by atoms with Crippen molar-refractivity contribution in [3.05, 3.63) is 23.8 Å². The summed E-state index contributed by atoms with van der Waals surface area (Å²) >= 11 is 0. The molecule has 0 bridgehead atoms. The van der Waals surface area contributed by atoms with Gasteiger partial charge in [-0.15, -0.1) is 0 Å². The molecule has 0 spiro atoms. The third-order valence-corrected chi connectivity index (χ3v) is 6.86. The van der Waals surface area contributed by atoms with Crippen LogP contribution in [-0.4, -0.2) is 48.3 Å². The monoisotopic (exact) mass is 342 g/mol. The molecule has 0 unspecified atom stereocenters. The van der Waals surface area contributed by atoms with Gasteiger partial charge in [0.2, 0.25) is 6.79 Å². The van der Waals surface area contributed by atoms with Crippen molar-refractivity contribution in [2.45, 2.75) is 63.6 Å². The summed E-state index contributed by atoms with van der Waals surface area (Å²) in [7, 11) is 0. The molecule has 3 fully saturated rings. The smallest absolute Gasteiger partial charge is 0.231 e. The molecule has 3 aliphatic heterocycles. The number of hydrogen-bond acceptors (Lipinski definition) is 4. The molecule has 2 saturated heterocycles. The number of piperazine rings is 1. The van der Waals surface area contributed by atoms with Crippen molar-refractivity contribution in [3.8, 4) is 11.5 Å². The van der Waals surface area contributed by atoms with Crippen molar-refractivity contribution < 1.29 is 9.47 Å². The highest BCUT2D eigenvalue weighted by atomic mass is 16.7. The quantitative estimate of drug-likeness (QED) is 0.837. The Morgan fingerprint density at radius 3 is 2.68 bits per heavy atom. The molecule has 0 amide bonds. The number of nitrogens with zero attached hydrogens (tertiary/aromatic N) is 2. The minimum Gasteiger partial charge on any atom is -0.454 e. The van der Waals surface area contributed by atoms with Crippen molar-refractivity contribution in [2.75, 3.05) is 26.4 Å². The molecule has 1 saturated carbocycles. The average molecular weight is 342 g/mol. The van der Waals surface area contributed by atoms with Gasteiger partial charge in [0.05, 0.1) is 0 Å². The van der Waals surface area contributed by atoms with Gasteiger partial charge in [0.1, 0.15) is 0 Å². The lowest BCUT2D eigenvalue weighted by atomic mass is 9.78. The van der Waals surface area contributed by atoms with Crippen molar-refractivity contribution >= 4 is 0 Å². The first-order valence-corrected chi connectivity index (χ1v) is 10.2. The maximum absolute atomic E-state index is 5.59. The van der Waals surface area contributed by atoms with Crippen LogP contribution >= 0.6 is 0 Å². The maximum Gasteiger partial charge on any atom is 0.231 e. The zero-order chi connectivity index (χ0) is 16.6. The standard InChI is InChI=1S/C21H30N2O2/c1-2-5-17(6-3-1)21-18-7-4-10-22(18)11-12-23(21)14-16-8-9-19-20(13-16)25-15-24-19/h8-9,13,17-18,21H,1-7,10-12,14-15H2/t18-,21+/m1/s1. The molecule has 4 aliphatic rings. The summed E-state index contributed by atoms with van der Waals surface area (Å²) in [5.74, 6) is 2.72. The van der Waals surface area contributed by atoms with Crippen LogP contribution in [0.3, 0.4) is 0 Å². The summed E-state index contributed by atoms with van der Waals surface area (Å²) in [6, 6.07) is 8.06. The molecule has 0 radical (unpaired) electrons. The molecule has 3 heterocycles. The lowest BCUT2D eigenvalue weighted by molar-refractivity contribution is -0.00381. The van der Waals surface area contributed by atoms with Gasteiger partial charge in [-0.05, 0) is 55.8 Å². The van der Waals surface area contributed by atoms with E-state index < -0.39 is 0 Å². The van der Waals surface area contributed by atoms with Gasteiger partial charge >= 0.3 is 0 Å². The summed E-state index contributed by atoms with van der Waals surface area (Å²) in [4.78, 5) is 5.59. The second-order valence-corrected chi connectivity index (χ2v) is 8.29. The lowest BCUT2D eigenvalue weighted by Crippen LogP contribution is -2.59. The summed E-state index contributed by atoms with van der Waals surface area (Å²) in [5, 5.41) is 0. The molecule has 4 heteroatoms. The minimum absolute atomic E-state index is 0.365. The Labute approximate surface area is 151 Å². The molecule has 5 rings (SSSR count). The van der Waals surface area contributed by atoms with Crippen LogP contribution in [0, 0.1) is 5.92 Å². The van der Waals surface area contributed by atoms with Gasteiger partial charge in [0.15, 0.2) is 11.5 Å². The molecule has 2 atom stereocenters. The predicted octanol–water partition coefficient (Wildman–Crippen LogP) is 3.64. The molecule has 4 nitrogen and oxygen atoms in total. The van der Waals surface area contributed by atoms with Crippen LogP contribution in [0.15, 0.2) is 18.2 Å². The van der Waals surface area contributed by atoms with Gasteiger partial charge in [-0.1, -0.05) is 25.3 Å². The highest BCUT2D eigenvalue weighted by molar-refractivity contribution is 5.44. The van der Waals surface area contributed by atoms with Gasteiger partial charge < -0.3 is 9.47 Å². The highest BCUT2D eigenvalue weighted by Crippen LogP contribution is 2.39. The van der Waals surface area contributed by atoms with Gasteiger partial charge in [-0.2, -0.15) is 0 Å². The molecule has 25 heavy (non-hydrogen) atoms. The van der Waals surface area contributed by atoms with Crippen LogP contribution in [0.2, 0.25) is 0 Å². The van der Waals surface area contributed by atoms with E-state index >= 15 is 0 Å². The van der Waals surface area contributed by atoms with Crippen LogP contribution in [-0.2, 0) is 6.54 Å². The molecule has 136 valence electrons. The fourth-order valence-electron chi connectivity index (χ4n) is 5.71. The van der Waals surface area contributed by atoms with Crippen LogP contribution in [0.5, 0.6) is 11.5 Å². The van der Waals surface area contributed by atoms with E-state index in [4.69, 9.17) is 9.47 Å². The number of fused-ring (bicyclic) bond motifs is 2. The van der Waals surface area contributed by atoms with E-state index in [1.54, 1.807) is 0 Å². The molecule has 1 aromatic rings. The summed E-state index contributed by atoms with van der Waals surface area (Å²) in [6.45, 7) is 5.21. The Kier molecular flexibility index (Phi) is 4.34. The van der Waals surface area contributed by atoms with Gasteiger partial charge in [0.25, 0.3) is 0 Å². The van der Waals surface area contributed by atoms with Gasteiger partial charge in [0, 0.05) is 31.7 Å². The van der Waals surface area contributed by atoms with Crippen LogP contribution in [0.1, 0.15) is 50.5 Å². The Bertz CT molecular complexity index is 614. The Balaban J connectivity index is 1.37. The third kappa shape index (κ3) is 3.04. The summed E-state index contributed by atoms with van der Waals surface area (Å²) in [6.07, 6.45) is 9.99. The fraction of sp³-hybridized carbons (Fsp3) is 0.714. The third-order valence-electron chi connectivity index (χ3n) is 6.86. The Morgan fingerprint density at radius 1 is 0.880 bits per heavy atom. The number of ether oxygens (including phenoxy) is 2. The molecule has 0 N–H and O–H groups in total. The summed E-state index contributed by atoms with van der Waals surface area (Å²) in [5.41, 5.74) is 1.37.